The minimum atomic E-state index is -3.64. The van der Waals surface area contributed by atoms with Crippen molar-refractivity contribution >= 4 is 31.8 Å². The smallest absolute Gasteiger partial charge is 0.244 e. The zero-order valence-electron chi connectivity index (χ0n) is 9.31. The van der Waals surface area contributed by atoms with E-state index in [1.54, 1.807) is 0 Å². The van der Waals surface area contributed by atoms with Crippen molar-refractivity contribution in [3.63, 3.8) is 0 Å². The molecule has 1 aromatic rings. The number of nitrogens with zero attached hydrogens (tertiary/aromatic N) is 1. The average Bonchev–Trinajstić information content (AvgIpc) is 2.28. The Morgan fingerprint density at radius 3 is 2.94 bits per heavy atom. The van der Waals surface area contributed by atoms with Gasteiger partial charge in [0.2, 0.25) is 10.0 Å². The summed E-state index contributed by atoms with van der Waals surface area (Å²) in [5.41, 5.74) is 5.52. The number of nitrogens with two attached hydrogens (primary N) is 1. The lowest BCUT2D eigenvalue weighted by molar-refractivity contribution is 0.153. The fourth-order valence-electron chi connectivity index (χ4n) is 1.12. The van der Waals surface area contributed by atoms with Crippen molar-refractivity contribution in [2.75, 3.05) is 25.5 Å². The molecule has 1 heterocycles. The van der Waals surface area contributed by atoms with E-state index in [0.717, 1.165) is 0 Å². The van der Waals surface area contributed by atoms with Gasteiger partial charge in [0.15, 0.2) is 0 Å². The maximum absolute atomic E-state index is 11.9. The highest BCUT2D eigenvalue weighted by atomic mass is 79.9. The fourth-order valence-corrected chi connectivity index (χ4v) is 2.72. The summed E-state index contributed by atoms with van der Waals surface area (Å²) in [6, 6.07) is 1.41. The highest BCUT2D eigenvalue weighted by molar-refractivity contribution is 9.10. The van der Waals surface area contributed by atoms with Gasteiger partial charge in [-0.3, -0.25) is 0 Å². The molecule has 1 aromatic heterocycles. The van der Waals surface area contributed by atoms with Gasteiger partial charge in [0.25, 0.3) is 0 Å². The summed E-state index contributed by atoms with van der Waals surface area (Å²) < 4.78 is 31.7. The molecule has 0 aromatic carbocycles. The molecule has 0 fully saturated rings. The summed E-state index contributed by atoms with van der Waals surface area (Å²) in [5.74, 6) is -0.0305. The molecule has 0 aliphatic rings. The largest absolute Gasteiger partial charge is 0.383 e. The van der Waals surface area contributed by atoms with Crippen LogP contribution in [0.2, 0.25) is 0 Å². The average molecular weight is 324 g/mol. The Morgan fingerprint density at radius 1 is 1.59 bits per heavy atom. The molecule has 1 rings (SSSR count). The second-order valence-corrected chi connectivity index (χ2v) is 5.78. The van der Waals surface area contributed by atoms with Crippen LogP contribution in [0.3, 0.4) is 0 Å². The second kappa shape index (κ2) is 6.29. The quantitative estimate of drug-likeness (QED) is 0.753. The zero-order chi connectivity index (χ0) is 12.9. The maximum Gasteiger partial charge on any atom is 0.244 e. The van der Waals surface area contributed by atoms with Gasteiger partial charge < -0.3 is 10.5 Å². The van der Waals surface area contributed by atoms with E-state index in [0.29, 0.717) is 17.7 Å². The molecule has 0 radical (unpaired) electrons. The van der Waals surface area contributed by atoms with E-state index in [2.05, 4.69) is 25.6 Å². The van der Waals surface area contributed by atoms with Gasteiger partial charge in [-0.2, -0.15) is 0 Å². The summed E-state index contributed by atoms with van der Waals surface area (Å²) in [6.07, 6.45) is 1.44. The van der Waals surface area contributed by atoms with Crippen molar-refractivity contribution in [1.82, 2.24) is 9.71 Å². The van der Waals surface area contributed by atoms with Gasteiger partial charge in [-0.1, -0.05) is 0 Å². The van der Waals surface area contributed by atoms with Gasteiger partial charge in [-0.15, -0.1) is 0 Å². The van der Waals surface area contributed by atoms with Crippen LogP contribution < -0.4 is 10.5 Å². The van der Waals surface area contributed by atoms with Crippen LogP contribution in [-0.4, -0.2) is 33.2 Å². The summed E-state index contributed by atoms with van der Waals surface area (Å²) in [4.78, 5) is 3.73. The van der Waals surface area contributed by atoms with E-state index in [4.69, 9.17) is 10.5 Å². The predicted molar refractivity (Wildman–Crippen MR) is 68.0 cm³/mol. The van der Waals surface area contributed by atoms with Crippen molar-refractivity contribution in [2.45, 2.75) is 11.8 Å². The van der Waals surface area contributed by atoms with Crippen LogP contribution in [0.15, 0.2) is 21.6 Å². The first-order valence-electron chi connectivity index (χ1n) is 4.96. The van der Waals surface area contributed by atoms with Crippen LogP contribution in [0.1, 0.15) is 6.92 Å². The molecule has 0 aliphatic heterocycles. The molecule has 3 N–H and O–H groups in total. The van der Waals surface area contributed by atoms with E-state index in [1.165, 1.54) is 12.3 Å². The monoisotopic (exact) mass is 323 g/mol. The normalized spacial score (nSPS) is 11.6. The Labute approximate surface area is 109 Å². The minimum Gasteiger partial charge on any atom is -0.383 e. The molecule has 0 unspecified atom stereocenters. The van der Waals surface area contributed by atoms with Crippen LogP contribution in [0.5, 0.6) is 0 Å². The first kappa shape index (κ1) is 14.4. The van der Waals surface area contributed by atoms with Gasteiger partial charge in [0.05, 0.1) is 6.61 Å². The predicted octanol–water partition coefficient (Wildman–Crippen LogP) is 0.741. The fraction of sp³-hybridized carbons (Fsp3) is 0.444. The summed E-state index contributed by atoms with van der Waals surface area (Å²) in [6.45, 7) is 2.90. The number of sulfonamides is 1. The molecule has 17 heavy (non-hydrogen) atoms. The first-order chi connectivity index (χ1) is 7.97. The SMILES string of the molecule is CCOCCNS(=O)(=O)c1cc(Br)cnc1N. The summed E-state index contributed by atoms with van der Waals surface area (Å²) in [5, 5.41) is 0. The number of aromatic nitrogens is 1. The van der Waals surface area contributed by atoms with Crippen molar-refractivity contribution in [3.05, 3.63) is 16.7 Å². The van der Waals surface area contributed by atoms with Crippen molar-refractivity contribution in [2.24, 2.45) is 0 Å². The number of pyridine rings is 1. The molecule has 0 atom stereocenters. The number of nitrogens with one attached hydrogen (secondary N) is 1. The zero-order valence-corrected chi connectivity index (χ0v) is 11.7. The summed E-state index contributed by atoms with van der Waals surface area (Å²) in [7, 11) is -3.64. The van der Waals surface area contributed by atoms with Crippen molar-refractivity contribution in [1.29, 1.82) is 0 Å². The third kappa shape index (κ3) is 4.23. The third-order valence-electron chi connectivity index (χ3n) is 1.88. The molecule has 0 spiro atoms. The molecule has 0 saturated carbocycles. The number of anilines is 1. The molecular weight excluding hydrogens is 310 g/mol. The maximum atomic E-state index is 11.9. The van der Waals surface area contributed by atoms with Crippen LogP contribution in [0.25, 0.3) is 0 Å². The number of halogens is 1. The van der Waals surface area contributed by atoms with Crippen LogP contribution >= 0.6 is 15.9 Å². The molecule has 0 bridgehead atoms. The third-order valence-corrected chi connectivity index (χ3v) is 3.80. The first-order valence-corrected chi connectivity index (χ1v) is 7.23. The Hall–Kier alpha value is -0.700. The topological polar surface area (TPSA) is 94.3 Å². The van der Waals surface area contributed by atoms with Gasteiger partial charge in [-0.25, -0.2) is 18.1 Å². The molecule has 6 nitrogen and oxygen atoms in total. The Balaban J connectivity index is 2.79. The Kier molecular flexibility index (Phi) is 5.31. The standard InChI is InChI=1S/C9H14BrN3O3S/c1-2-16-4-3-13-17(14,15)8-5-7(10)6-12-9(8)11/h5-6,13H,2-4H2,1H3,(H2,11,12). The number of nitrogen functional groups attached to an aromatic ring is 1. The van der Waals surface area contributed by atoms with E-state index in [1.807, 2.05) is 6.92 Å². The summed E-state index contributed by atoms with van der Waals surface area (Å²) >= 11 is 3.15. The van der Waals surface area contributed by atoms with Gasteiger partial charge in [0, 0.05) is 23.8 Å². The van der Waals surface area contributed by atoms with Crippen LogP contribution in [0, 0.1) is 0 Å². The van der Waals surface area contributed by atoms with E-state index in [9.17, 15) is 8.42 Å². The number of rotatable bonds is 6. The second-order valence-electron chi connectivity index (χ2n) is 3.13. The number of ether oxygens (including phenoxy) is 1. The lowest BCUT2D eigenvalue weighted by Gasteiger charge is -2.08. The molecule has 96 valence electrons. The van der Waals surface area contributed by atoms with Gasteiger partial charge in [-0.05, 0) is 28.9 Å². The molecule has 0 aliphatic carbocycles. The molecule has 0 saturated heterocycles. The highest BCUT2D eigenvalue weighted by Crippen LogP contribution is 2.19. The molecular formula is C9H14BrN3O3S. The van der Waals surface area contributed by atoms with Crippen LogP contribution in [0.4, 0.5) is 5.82 Å². The van der Waals surface area contributed by atoms with Crippen LogP contribution in [-0.2, 0) is 14.8 Å². The van der Waals surface area contributed by atoms with E-state index >= 15 is 0 Å². The minimum absolute atomic E-state index is 0.0305. The van der Waals surface area contributed by atoms with Crippen molar-refractivity contribution < 1.29 is 13.2 Å². The van der Waals surface area contributed by atoms with Gasteiger partial charge in [0.1, 0.15) is 10.7 Å². The van der Waals surface area contributed by atoms with Crippen molar-refractivity contribution in [3.8, 4) is 0 Å². The molecule has 8 heteroatoms. The number of hydrogen-bond donors (Lipinski definition) is 2. The van der Waals surface area contributed by atoms with E-state index in [-0.39, 0.29) is 17.3 Å². The number of hydrogen-bond acceptors (Lipinski definition) is 5. The highest BCUT2D eigenvalue weighted by Gasteiger charge is 2.18. The lowest BCUT2D eigenvalue weighted by Crippen LogP contribution is -2.28. The Morgan fingerprint density at radius 2 is 2.29 bits per heavy atom. The van der Waals surface area contributed by atoms with Gasteiger partial charge >= 0.3 is 0 Å². The lowest BCUT2D eigenvalue weighted by atomic mass is 10.5. The van der Waals surface area contributed by atoms with E-state index < -0.39 is 10.0 Å². The molecule has 0 amide bonds. The Bertz CT molecular complexity index is 478.